The van der Waals surface area contributed by atoms with Gasteiger partial charge in [0.25, 0.3) is 11.8 Å². The van der Waals surface area contributed by atoms with Gasteiger partial charge in [-0.3, -0.25) is 14.0 Å². The molecule has 4 rings (SSSR count). The largest absolute Gasteiger partial charge is 0.347 e. The van der Waals surface area contributed by atoms with Gasteiger partial charge in [0.15, 0.2) is 5.69 Å². The normalized spacial score (nSPS) is 14.3. The van der Waals surface area contributed by atoms with Crippen molar-refractivity contribution in [2.24, 2.45) is 0 Å². The Morgan fingerprint density at radius 3 is 2.61 bits per heavy atom. The summed E-state index contributed by atoms with van der Waals surface area (Å²) in [6.45, 7) is 2.04. The van der Waals surface area contributed by atoms with E-state index in [9.17, 15) is 9.59 Å². The van der Waals surface area contributed by atoms with Crippen molar-refractivity contribution in [1.29, 1.82) is 0 Å². The van der Waals surface area contributed by atoms with Crippen LogP contribution in [0.1, 0.15) is 59.3 Å². The number of anilines is 1. The molecule has 0 atom stereocenters. The minimum atomic E-state index is -0.315. The molecule has 2 aromatic heterocycles. The molecule has 0 unspecified atom stereocenters. The van der Waals surface area contributed by atoms with Crippen molar-refractivity contribution < 1.29 is 9.59 Å². The second-order valence-corrected chi connectivity index (χ2v) is 7.16. The summed E-state index contributed by atoms with van der Waals surface area (Å²) >= 11 is 0. The molecule has 1 fully saturated rings. The zero-order valence-corrected chi connectivity index (χ0v) is 15.9. The molecule has 6 nitrogen and oxygen atoms in total. The molecule has 1 aliphatic rings. The standard InChI is InChI=1S/C22H24N4O2/c1-2-15-9-3-6-12-17(15)24-21(27)19-18-13-7-8-14-26(18)20(25-19)22(28)23-16-10-4-5-11-16/h3,6-9,12-14,16H,2,4-5,10-11H2,1H3,(H,23,28)(H,24,27). The summed E-state index contributed by atoms with van der Waals surface area (Å²) < 4.78 is 1.69. The van der Waals surface area contributed by atoms with Gasteiger partial charge in [-0.05, 0) is 43.0 Å². The van der Waals surface area contributed by atoms with Crippen LogP contribution in [0.3, 0.4) is 0 Å². The number of rotatable bonds is 5. The van der Waals surface area contributed by atoms with Gasteiger partial charge in [-0.25, -0.2) is 4.98 Å². The molecule has 2 heterocycles. The minimum Gasteiger partial charge on any atom is -0.347 e. The summed E-state index contributed by atoms with van der Waals surface area (Å²) in [6, 6.07) is 13.4. The second-order valence-electron chi connectivity index (χ2n) is 7.16. The van der Waals surface area contributed by atoms with Gasteiger partial charge < -0.3 is 10.6 Å². The quantitative estimate of drug-likeness (QED) is 0.711. The number of fused-ring (bicyclic) bond motifs is 1. The summed E-state index contributed by atoms with van der Waals surface area (Å²) in [4.78, 5) is 30.2. The molecule has 1 aromatic carbocycles. The van der Waals surface area contributed by atoms with Gasteiger partial charge in [0, 0.05) is 17.9 Å². The number of nitrogens with one attached hydrogen (secondary N) is 2. The summed E-state index contributed by atoms with van der Waals surface area (Å²) in [5.41, 5.74) is 2.69. The van der Waals surface area contributed by atoms with Crippen molar-refractivity contribution in [2.45, 2.75) is 45.1 Å². The number of carbonyl (C=O) groups is 2. The summed E-state index contributed by atoms with van der Waals surface area (Å²) in [5, 5.41) is 6.00. The van der Waals surface area contributed by atoms with Gasteiger partial charge in [-0.1, -0.05) is 44.0 Å². The van der Waals surface area contributed by atoms with Crippen molar-refractivity contribution in [1.82, 2.24) is 14.7 Å². The molecule has 0 radical (unpaired) electrons. The van der Waals surface area contributed by atoms with Gasteiger partial charge in [-0.2, -0.15) is 0 Å². The third-order valence-corrected chi connectivity index (χ3v) is 5.30. The van der Waals surface area contributed by atoms with E-state index in [-0.39, 0.29) is 29.4 Å². The van der Waals surface area contributed by atoms with Crippen molar-refractivity contribution in [3.63, 3.8) is 0 Å². The first-order valence-corrected chi connectivity index (χ1v) is 9.84. The van der Waals surface area contributed by atoms with Crippen LogP contribution in [-0.4, -0.2) is 27.2 Å². The Labute approximate surface area is 164 Å². The highest BCUT2D eigenvalue weighted by molar-refractivity contribution is 6.09. The van der Waals surface area contributed by atoms with Crippen LogP contribution in [0, 0.1) is 0 Å². The van der Waals surface area contributed by atoms with Crippen LogP contribution in [0.15, 0.2) is 48.7 Å². The molecule has 2 N–H and O–H groups in total. The first-order chi connectivity index (χ1) is 13.7. The number of hydrogen-bond donors (Lipinski definition) is 2. The molecule has 1 aliphatic carbocycles. The molecular formula is C22H24N4O2. The first kappa shape index (κ1) is 18.2. The van der Waals surface area contributed by atoms with Crippen molar-refractivity contribution in [3.8, 4) is 0 Å². The van der Waals surface area contributed by atoms with Gasteiger partial charge in [-0.15, -0.1) is 0 Å². The summed E-state index contributed by atoms with van der Waals surface area (Å²) in [7, 11) is 0. The fourth-order valence-corrected chi connectivity index (χ4v) is 3.82. The molecular weight excluding hydrogens is 352 g/mol. The van der Waals surface area contributed by atoms with E-state index in [4.69, 9.17) is 0 Å². The molecule has 0 spiro atoms. The number of pyridine rings is 1. The van der Waals surface area contributed by atoms with E-state index in [1.54, 1.807) is 16.7 Å². The lowest BCUT2D eigenvalue weighted by molar-refractivity contribution is 0.0926. The Morgan fingerprint density at radius 2 is 1.82 bits per heavy atom. The van der Waals surface area contributed by atoms with Crippen LogP contribution >= 0.6 is 0 Å². The first-order valence-electron chi connectivity index (χ1n) is 9.84. The van der Waals surface area contributed by atoms with Crippen LogP contribution in [0.25, 0.3) is 5.52 Å². The van der Waals surface area contributed by atoms with Gasteiger partial charge >= 0.3 is 0 Å². The van der Waals surface area contributed by atoms with Crippen LogP contribution in [-0.2, 0) is 6.42 Å². The maximum atomic E-state index is 13.0. The molecule has 6 heteroatoms. The number of imidazole rings is 1. The highest BCUT2D eigenvalue weighted by atomic mass is 16.2. The fourth-order valence-electron chi connectivity index (χ4n) is 3.82. The maximum absolute atomic E-state index is 13.0. The maximum Gasteiger partial charge on any atom is 0.287 e. The average Bonchev–Trinajstić information content (AvgIpc) is 3.36. The van der Waals surface area contributed by atoms with E-state index in [0.29, 0.717) is 5.52 Å². The van der Waals surface area contributed by atoms with E-state index in [0.717, 1.165) is 43.4 Å². The number of carbonyl (C=O) groups excluding carboxylic acids is 2. The molecule has 2 amide bonds. The minimum absolute atomic E-state index is 0.192. The van der Waals surface area contributed by atoms with Gasteiger partial charge in [0.2, 0.25) is 5.82 Å². The molecule has 0 aliphatic heterocycles. The molecule has 28 heavy (non-hydrogen) atoms. The smallest absolute Gasteiger partial charge is 0.287 e. The molecule has 0 bridgehead atoms. The molecule has 3 aromatic rings. The van der Waals surface area contributed by atoms with Crippen molar-refractivity contribution in [3.05, 3.63) is 65.7 Å². The lowest BCUT2D eigenvalue weighted by atomic mass is 10.1. The third kappa shape index (κ3) is 3.50. The predicted octanol–water partition coefficient (Wildman–Crippen LogP) is 3.82. The van der Waals surface area contributed by atoms with E-state index in [1.165, 1.54) is 0 Å². The van der Waals surface area contributed by atoms with E-state index >= 15 is 0 Å². The van der Waals surface area contributed by atoms with Crippen LogP contribution in [0.4, 0.5) is 5.69 Å². The number of aromatic nitrogens is 2. The van der Waals surface area contributed by atoms with E-state index in [1.807, 2.05) is 43.3 Å². The van der Waals surface area contributed by atoms with Gasteiger partial charge in [0.05, 0.1) is 5.52 Å². The number of amides is 2. The monoisotopic (exact) mass is 376 g/mol. The van der Waals surface area contributed by atoms with Crippen LogP contribution in [0.2, 0.25) is 0 Å². The Hall–Kier alpha value is -3.15. The number of nitrogens with zero attached hydrogens (tertiary/aromatic N) is 2. The topological polar surface area (TPSA) is 75.5 Å². The zero-order valence-electron chi connectivity index (χ0n) is 15.9. The Balaban J connectivity index is 1.65. The SMILES string of the molecule is CCc1ccccc1NC(=O)c1nc(C(=O)NC2CCCC2)n2ccccc12. The Morgan fingerprint density at radius 1 is 1.07 bits per heavy atom. The number of benzene rings is 1. The van der Waals surface area contributed by atoms with E-state index < -0.39 is 0 Å². The molecule has 144 valence electrons. The molecule has 1 saturated carbocycles. The van der Waals surface area contributed by atoms with Crippen molar-refractivity contribution in [2.75, 3.05) is 5.32 Å². The van der Waals surface area contributed by atoms with Crippen LogP contribution < -0.4 is 10.6 Å². The average molecular weight is 376 g/mol. The number of para-hydroxylation sites is 1. The zero-order chi connectivity index (χ0) is 19.5. The fraction of sp³-hybridized carbons (Fsp3) is 0.318. The predicted molar refractivity (Wildman–Crippen MR) is 109 cm³/mol. The Kier molecular flexibility index (Phi) is 5.10. The number of aryl methyl sites for hydroxylation is 1. The second kappa shape index (κ2) is 7.84. The third-order valence-electron chi connectivity index (χ3n) is 5.30. The van der Waals surface area contributed by atoms with Crippen LogP contribution in [0.5, 0.6) is 0 Å². The number of hydrogen-bond acceptors (Lipinski definition) is 3. The van der Waals surface area contributed by atoms with Gasteiger partial charge in [0.1, 0.15) is 0 Å². The lowest BCUT2D eigenvalue weighted by Crippen LogP contribution is -2.33. The highest BCUT2D eigenvalue weighted by Crippen LogP contribution is 2.21. The lowest BCUT2D eigenvalue weighted by Gasteiger charge is -2.10. The summed E-state index contributed by atoms with van der Waals surface area (Å²) in [5.74, 6) is -0.304. The van der Waals surface area contributed by atoms with E-state index in [2.05, 4.69) is 15.6 Å². The highest BCUT2D eigenvalue weighted by Gasteiger charge is 2.24. The molecule has 0 saturated heterocycles. The van der Waals surface area contributed by atoms with Crippen molar-refractivity contribution >= 4 is 23.0 Å². The Bertz CT molecular complexity index is 1020. The summed E-state index contributed by atoms with van der Waals surface area (Å²) in [6.07, 6.45) is 6.85.